The first-order chi connectivity index (χ1) is 12.4. The molecule has 3 heterocycles. The van der Waals surface area contributed by atoms with Gasteiger partial charge in [-0.2, -0.15) is 4.39 Å². The van der Waals surface area contributed by atoms with Crippen LogP contribution in [0.15, 0.2) is 47.9 Å². The molecule has 0 radical (unpaired) electrons. The maximum Gasteiger partial charge on any atom is 0.269 e. The van der Waals surface area contributed by atoms with Crippen molar-refractivity contribution in [3.05, 3.63) is 65.3 Å². The highest BCUT2D eigenvalue weighted by Gasteiger charge is 2.28. The van der Waals surface area contributed by atoms with E-state index in [0.717, 1.165) is 12.4 Å². The lowest BCUT2D eigenvalue weighted by atomic mass is 10.2. The van der Waals surface area contributed by atoms with Crippen LogP contribution in [-0.2, 0) is 16.6 Å². The highest BCUT2D eigenvalue weighted by atomic mass is 35.5. The van der Waals surface area contributed by atoms with Crippen molar-refractivity contribution in [1.82, 2.24) is 19.3 Å². The van der Waals surface area contributed by atoms with Crippen LogP contribution in [0.4, 0.5) is 8.78 Å². The van der Waals surface area contributed by atoms with Gasteiger partial charge in [0.1, 0.15) is 10.6 Å². The van der Waals surface area contributed by atoms with E-state index < -0.39 is 27.5 Å². The molecule has 0 saturated heterocycles. The number of halogens is 3. The molecule has 1 N–H and O–H groups in total. The summed E-state index contributed by atoms with van der Waals surface area (Å²) in [6.45, 7) is 0.0526. The number of aromatic nitrogens is 3. The van der Waals surface area contributed by atoms with E-state index in [1.165, 1.54) is 30.6 Å². The minimum absolute atomic E-state index is 0.0526. The van der Waals surface area contributed by atoms with E-state index in [-0.39, 0.29) is 27.6 Å². The van der Waals surface area contributed by atoms with Gasteiger partial charge in [0.15, 0.2) is 5.82 Å². The normalized spacial score (nSPS) is 11.7. The lowest BCUT2D eigenvalue weighted by molar-refractivity contribution is 0.574. The van der Waals surface area contributed by atoms with E-state index in [2.05, 4.69) is 15.3 Å². The molecule has 3 aromatic rings. The molecule has 0 fully saturated rings. The van der Waals surface area contributed by atoms with Crippen LogP contribution in [0.1, 0.15) is 5.56 Å². The van der Waals surface area contributed by atoms with E-state index in [1.807, 2.05) is 0 Å². The Labute approximate surface area is 153 Å². The van der Waals surface area contributed by atoms with Gasteiger partial charge in [-0.15, -0.1) is 0 Å². The molecule has 3 aromatic heterocycles. The molecule has 26 heavy (non-hydrogen) atoms. The Morgan fingerprint density at radius 1 is 1.31 bits per heavy atom. The molecule has 0 atom stereocenters. The summed E-state index contributed by atoms with van der Waals surface area (Å²) in [5, 5.41) is 2.84. The van der Waals surface area contributed by atoms with E-state index in [9.17, 15) is 17.2 Å². The zero-order valence-electron chi connectivity index (χ0n) is 13.4. The Bertz CT molecular complexity index is 1070. The Balaban J connectivity index is 2.31. The average Bonchev–Trinajstić information content (AvgIpc) is 2.93. The molecule has 0 aliphatic heterocycles. The fourth-order valence-corrected chi connectivity index (χ4v) is 4.08. The molecule has 3 rings (SSSR count). The van der Waals surface area contributed by atoms with Crippen molar-refractivity contribution < 1.29 is 17.2 Å². The quantitative estimate of drug-likeness (QED) is 0.669. The summed E-state index contributed by atoms with van der Waals surface area (Å²) in [5.74, 6) is -1.84. The zero-order valence-corrected chi connectivity index (χ0v) is 15.0. The van der Waals surface area contributed by atoms with Crippen LogP contribution in [0.2, 0.25) is 5.02 Å². The molecule has 0 aromatic carbocycles. The van der Waals surface area contributed by atoms with Crippen molar-refractivity contribution in [1.29, 1.82) is 0 Å². The summed E-state index contributed by atoms with van der Waals surface area (Å²) in [6.07, 6.45) is 4.64. The summed E-state index contributed by atoms with van der Waals surface area (Å²) in [5.41, 5.74) is -0.656. The topological polar surface area (TPSA) is 76.9 Å². The van der Waals surface area contributed by atoms with Gasteiger partial charge in [0.25, 0.3) is 10.0 Å². The SMILES string of the molecule is CNCc1cn(S(=O)(=O)c2cncc(Cl)c2)c(-c2cccnc2F)c1F. The monoisotopic (exact) mass is 398 g/mol. The first kappa shape index (κ1) is 18.4. The van der Waals surface area contributed by atoms with Gasteiger partial charge in [0, 0.05) is 36.9 Å². The summed E-state index contributed by atoms with van der Waals surface area (Å²) >= 11 is 5.82. The first-order valence-corrected chi connectivity index (χ1v) is 9.19. The molecule has 0 aliphatic carbocycles. The molecule has 0 aliphatic rings. The number of hydrogen-bond acceptors (Lipinski definition) is 5. The maximum atomic E-state index is 14.9. The summed E-state index contributed by atoms with van der Waals surface area (Å²) < 4.78 is 55.7. The van der Waals surface area contributed by atoms with E-state index in [1.54, 1.807) is 7.05 Å². The molecule has 10 heteroatoms. The van der Waals surface area contributed by atoms with Gasteiger partial charge in [-0.25, -0.2) is 21.8 Å². The lowest BCUT2D eigenvalue weighted by Crippen LogP contribution is -2.14. The van der Waals surface area contributed by atoms with Crippen LogP contribution >= 0.6 is 11.6 Å². The predicted molar refractivity (Wildman–Crippen MR) is 92.2 cm³/mol. The van der Waals surface area contributed by atoms with Gasteiger partial charge in [-0.05, 0) is 25.2 Å². The Morgan fingerprint density at radius 2 is 2.08 bits per heavy atom. The molecular weight excluding hydrogens is 386 g/mol. The molecule has 0 saturated carbocycles. The average molecular weight is 399 g/mol. The number of hydrogen-bond donors (Lipinski definition) is 1. The van der Waals surface area contributed by atoms with Gasteiger partial charge in [-0.3, -0.25) is 4.98 Å². The highest BCUT2D eigenvalue weighted by molar-refractivity contribution is 7.90. The molecule has 0 unspecified atom stereocenters. The Hall–Kier alpha value is -2.36. The van der Waals surface area contributed by atoms with E-state index in [4.69, 9.17) is 11.6 Å². The highest BCUT2D eigenvalue weighted by Crippen LogP contribution is 2.32. The second-order valence-electron chi connectivity index (χ2n) is 5.33. The van der Waals surface area contributed by atoms with E-state index in [0.29, 0.717) is 3.97 Å². The third-order valence-electron chi connectivity index (χ3n) is 3.60. The summed E-state index contributed by atoms with van der Waals surface area (Å²) in [6, 6.07) is 3.83. The lowest BCUT2D eigenvalue weighted by Gasteiger charge is -2.11. The fraction of sp³-hybridized carbons (Fsp3) is 0.125. The Kier molecular flexibility index (Phi) is 5.03. The zero-order chi connectivity index (χ0) is 18.9. The molecule has 0 amide bonds. The van der Waals surface area contributed by atoms with Crippen molar-refractivity contribution in [2.75, 3.05) is 7.05 Å². The van der Waals surface area contributed by atoms with Crippen LogP contribution in [0.25, 0.3) is 11.3 Å². The largest absolute Gasteiger partial charge is 0.316 e. The van der Waals surface area contributed by atoms with Crippen LogP contribution < -0.4 is 5.32 Å². The number of pyridine rings is 2. The van der Waals surface area contributed by atoms with Gasteiger partial charge in [-0.1, -0.05) is 11.6 Å². The molecule has 0 bridgehead atoms. The van der Waals surface area contributed by atoms with Crippen molar-refractivity contribution in [2.45, 2.75) is 11.4 Å². The number of nitrogens with zero attached hydrogens (tertiary/aromatic N) is 3. The van der Waals surface area contributed by atoms with Crippen LogP contribution in [0, 0.1) is 11.8 Å². The smallest absolute Gasteiger partial charge is 0.269 e. The van der Waals surface area contributed by atoms with Gasteiger partial charge < -0.3 is 5.32 Å². The second kappa shape index (κ2) is 7.10. The van der Waals surface area contributed by atoms with E-state index >= 15 is 0 Å². The fourth-order valence-electron chi connectivity index (χ4n) is 2.46. The third kappa shape index (κ3) is 3.20. The third-order valence-corrected chi connectivity index (χ3v) is 5.43. The number of rotatable bonds is 5. The summed E-state index contributed by atoms with van der Waals surface area (Å²) in [4.78, 5) is 6.97. The van der Waals surface area contributed by atoms with Crippen molar-refractivity contribution in [3.8, 4) is 11.3 Å². The molecule has 6 nitrogen and oxygen atoms in total. The minimum Gasteiger partial charge on any atom is -0.316 e. The van der Waals surface area contributed by atoms with Crippen LogP contribution in [-0.4, -0.2) is 29.4 Å². The summed E-state index contributed by atoms with van der Waals surface area (Å²) in [7, 11) is -2.69. The number of nitrogens with one attached hydrogen (secondary N) is 1. The molecular formula is C16H13ClF2N4O2S. The molecule has 0 spiro atoms. The maximum absolute atomic E-state index is 14.9. The second-order valence-corrected chi connectivity index (χ2v) is 7.58. The van der Waals surface area contributed by atoms with Crippen LogP contribution in [0.3, 0.4) is 0 Å². The molecule has 136 valence electrons. The van der Waals surface area contributed by atoms with Crippen molar-refractivity contribution in [2.24, 2.45) is 0 Å². The van der Waals surface area contributed by atoms with Gasteiger partial charge >= 0.3 is 0 Å². The van der Waals surface area contributed by atoms with Crippen molar-refractivity contribution >= 4 is 21.6 Å². The predicted octanol–water partition coefficient (Wildman–Crippen LogP) is 2.83. The van der Waals surface area contributed by atoms with Gasteiger partial charge in [0.05, 0.1) is 10.6 Å². The van der Waals surface area contributed by atoms with Crippen molar-refractivity contribution in [3.63, 3.8) is 0 Å². The standard InChI is InChI=1S/C16H13ClF2N4O2S/c1-20-6-10-9-23(26(24,25)12-5-11(17)7-21-8-12)15(14(10)18)13-3-2-4-22-16(13)19/h2-5,7-9,20H,6H2,1H3. The van der Waals surface area contributed by atoms with Crippen LogP contribution in [0.5, 0.6) is 0 Å². The van der Waals surface area contributed by atoms with Gasteiger partial charge in [0.2, 0.25) is 5.95 Å². The Morgan fingerprint density at radius 3 is 2.73 bits per heavy atom. The minimum atomic E-state index is -4.27. The first-order valence-electron chi connectivity index (χ1n) is 7.37.